The Bertz CT molecular complexity index is 1030. The smallest absolute Gasteiger partial charge is 0.104 e. The number of nitrogens with zero attached hydrogens (tertiary/aromatic N) is 4. The van der Waals surface area contributed by atoms with E-state index in [0.29, 0.717) is 0 Å². The first kappa shape index (κ1) is 14.3. The van der Waals surface area contributed by atoms with Crippen LogP contribution in [0.2, 0.25) is 0 Å². The Balaban J connectivity index is 1.95. The predicted molar refractivity (Wildman–Crippen MR) is 94.9 cm³/mol. The van der Waals surface area contributed by atoms with Crippen LogP contribution in [0.1, 0.15) is 5.56 Å². The van der Waals surface area contributed by atoms with E-state index in [1.807, 2.05) is 55.7 Å². The van der Waals surface area contributed by atoms with Crippen LogP contribution in [-0.2, 0) is 7.05 Å². The van der Waals surface area contributed by atoms with E-state index in [-0.39, 0.29) is 0 Å². The van der Waals surface area contributed by atoms with E-state index in [2.05, 4.69) is 28.1 Å². The minimum atomic E-state index is 0.762. The van der Waals surface area contributed by atoms with E-state index >= 15 is 0 Å². The molecule has 0 bridgehead atoms. The summed E-state index contributed by atoms with van der Waals surface area (Å²) in [5, 5.41) is 18.1. The summed E-state index contributed by atoms with van der Waals surface area (Å²) in [5.74, 6) is 0. The number of fused-ring (bicyclic) bond motifs is 1. The second-order valence-electron chi connectivity index (χ2n) is 5.63. The van der Waals surface area contributed by atoms with Crippen molar-refractivity contribution >= 4 is 17.1 Å². The molecule has 5 nitrogen and oxygen atoms in total. The normalized spacial score (nSPS) is 11.5. The van der Waals surface area contributed by atoms with Crippen LogP contribution < -0.4 is 0 Å². The van der Waals surface area contributed by atoms with Crippen LogP contribution >= 0.6 is 0 Å². The van der Waals surface area contributed by atoms with Gasteiger partial charge < -0.3 is 9.77 Å². The van der Waals surface area contributed by atoms with Crippen molar-refractivity contribution in [1.82, 2.24) is 14.3 Å². The van der Waals surface area contributed by atoms with Crippen LogP contribution in [0.3, 0.4) is 0 Å². The van der Waals surface area contributed by atoms with Crippen molar-refractivity contribution in [2.24, 2.45) is 12.2 Å². The average Bonchev–Trinajstić information content (AvgIpc) is 3.18. The van der Waals surface area contributed by atoms with Crippen molar-refractivity contribution in [3.05, 3.63) is 72.6 Å². The van der Waals surface area contributed by atoms with Gasteiger partial charge in [-0.25, -0.2) is 4.68 Å². The molecule has 0 aliphatic heterocycles. The van der Waals surface area contributed by atoms with Gasteiger partial charge in [-0.1, -0.05) is 41.6 Å². The van der Waals surface area contributed by atoms with Crippen LogP contribution in [0.25, 0.3) is 27.8 Å². The molecule has 2 aromatic carbocycles. The van der Waals surface area contributed by atoms with E-state index in [4.69, 9.17) is 10.3 Å². The molecule has 0 amide bonds. The highest BCUT2D eigenvalue weighted by Gasteiger charge is 2.16. The van der Waals surface area contributed by atoms with Gasteiger partial charge in [0.25, 0.3) is 0 Å². The largest absolute Gasteiger partial charge is 0.411 e. The molecule has 2 aromatic heterocycles. The number of oxime groups is 1. The zero-order valence-electron chi connectivity index (χ0n) is 13.2. The fraction of sp³-hybridized carbons (Fsp3) is 0.0526. The van der Waals surface area contributed by atoms with Crippen molar-refractivity contribution in [2.75, 3.05) is 0 Å². The Morgan fingerprint density at radius 3 is 2.54 bits per heavy atom. The summed E-state index contributed by atoms with van der Waals surface area (Å²) in [6, 6.07) is 18.1. The molecule has 118 valence electrons. The summed E-state index contributed by atoms with van der Waals surface area (Å²) in [5.41, 5.74) is 4.65. The minimum absolute atomic E-state index is 0.762. The van der Waals surface area contributed by atoms with Gasteiger partial charge in [0.2, 0.25) is 0 Å². The van der Waals surface area contributed by atoms with Gasteiger partial charge in [0.05, 0.1) is 11.9 Å². The number of aromatic nitrogens is 3. The number of hydrogen-bond acceptors (Lipinski definition) is 3. The maximum atomic E-state index is 9.02. The molecule has 0 aliphatic carbocycles. The van der Waals surface area contributed by atoms with Gasteiger partial charge in [0, 0.05) is 41.5 Å². The van der Waals surface area contributed by atoms with Crippen LogP contribution in [0.5, 0.6) is 0 Å². The molecule has 5 heteroatoms. The van der Waals surface area contributed by atoms with Gasteiger partial charge in [-0.2, -0.15) is 5.10 Å². The maximum absolute atomic E-state index is 9.02. The van der Waals surface area contributed by atoms with Crippen LogP contribution in [0, 0.1) is 0 Å². The summed E-state index contributed by atoms with van der Waals surface area (Å²) >= 11 is 0. The molecule has 0 spiro atoms. The third kappa shape index (κ3) is 2.27. The SMILES string of the molecule is Cn1cc(-c2nn(-c3ccccc3)cc2C=NO)c2ccccc21. The molecule has 0 atom stereocenters. The molecule has 0 aliphatic rings. The molecule has 0 radical (unpaired) electrons. The first-order chi connectivity index (χ1) is 11.8. The van der Waals surface area contributed by atoms with Gasteiger partial charge in [-0.05, 0) is 18.2 Å². The summed E-state index contributed by atoms with van der Waals surface area (Å²) < 4.78 is 3.88. The molecule has 0 saturated carbocycles. The predicted octanol–water partition coefficient (Wildman–Crippen LogP) is 3.84. The van der Waals surface area contributed by atoms with Gasteiger partial charge in [-0.3, -0.25) is 0 Å². The van der Waals surface area contributed by atoms with E-state index in [9.17, 15) is 0 Å². The van der Waals surface area contributed by atoms with Crippen molar-refractivity contribution in [3.63, 3.8) is 0 Å². The number of aryl methyl sites for hydroxylation is 1. The molecule has 0 fully saturated rings. The number of rotatable bonds is 3. The van der Waals surface area contributed by atoms with Crippen molar-refractivity contribution < 1.29 is 5.21 Å². The number of para-hydroxylation sites is 2. The quantitative estimate of drug-likeness (QED) is 0.355. The fourth-order valence-corrected chi connectivity index (χ4v) is 3.00. The van der Waals surface area contributed by atoms with Gasteiger partial charge in [-0.15, -0.1) is 0 Å². The molecule has 24 heavy (non-hydrogen) atoms. The van der Waals surface area contributed by atoms with E-state index in [1.54, 1.807) is 4.68 Å². The lowest BCUT2D eigenvalue weighted by atomic mass is 10.1. The molecule has 4 aromatic rings. The lowest BCUT2D eigenvalue weighted by molar-refractivity contribution is 0.322. The summed E-state index contributed by atoms with van der Waals surface area (Å²) in [7, 11) is 2.01. The average molecular weight is 316 g/mol. The monoisotopic (exact) mass is 316 g/mol. The van der Waals surface area contributed by atoms with Crippen LogP contribution in [0.4, 0.5) is 0 Å². The highest BCUT2D eigenvalue weighted by molar-refractivity contribution is 6.00. The minimum Gasteiger partial charge on any atom is -0.411 e. The third-order valence-electron chi connectivity index (χ3n) is 4.11. The molecule has 1 N–H and O–H groups in total. The Kier molecular flexibility index (Phi) is 3.39. The highest BCUT2D eigenvalue weighted by atomic mass is 16.4. The molecular formula is C19H16N4O. The first-order valence-corrected chi connectivity index (χ1v) is 7.65. The van der Waals surface area contributed by atoms with Gasteiger partial charge in [0.15, 0.2) is 0 Å². The Hall–Kier alpha value is -3.34. The van der Waals surface area contributed by atoms with E-state index < -0.39 is 0 Å². The standard InChI is InChI=1S/C19H16N4O/c1-22-13-17(16-9-5-6-10-18(16)22)19-14(11-20-24)12-23(21-19)15-7-3-2-4-8-15/h2-13,24H,1H3. The highest BCUT2D eigenvalue weighted by Crippen LogP contribution is 2.31. The molecule has 4 rings (SSSR count). The molecular weight excluding hydrogens is 300 g/mol. The van der Waals surface area contributed by atoms with Crippen molar-refractivity contribution in [2.45, 2.75) is 0 Å². The first-order valence-electron chi connectivity index (χ1n) is 7.65. The second kappa shape index (κ2) is 5.70. The molecule has 0 unspecified atom stereocenters. The summed E-state index contributed by atoms with van der Waals surface area (Å²) in [6.07, 6.45) is 5.34. The molecule has 0 saturated heterocycles. The Morgan fingerprint density at radius 2 is 1.75 bits per heavy atom. The van der Waals surface area contributed by atoms with Gasteiger partial charge >= 0.3 is 0 Å². The Morgan fingerprint density at radius 1 is 1.00 bits per heavy atom. The maximum Gasteiger partial charge on any atom is 0.104 e. The van der Waals surface area contributed by atoms with E-state index in [1.165, 1.54) is 6.21 Å². The number of benzene rings is 2. The van der Waals surface area contributed by atoms with Crippen molar-refractivity contribution in [3.8, 4) is 16.9 Å². The van der Waals surface area contributed by atoms with Gasteiger partial charge in [0.1, 0.15) is 5.69 Å². The number of hydrogen-bond donors (Lipinski definition) is 1. The van der Waals surface area contributed by atoms with Crippen molar-refractivity contribution in [1.29, 1.82) is 0 Å². The van der Waals surface area contributed by atoms with Crippen LogP contribution in [0.15, 0.2) is 72.1 Å². The zero-order chi connectivity index (χ0) is 16.5. The lowest BCUT2D eigenvalue weighted by Gasteiger charge is -1.99. The zero-order valence-corrected chi connectivity index (χ0v) is 13.2. The lowest BCUT2D eigenvalue weighted by Crippen LogP contribution is -1.93. The third-order valence-corrected chi connectivity index (χ3v) is 4.11. The van der Waals surface area contributed by atoms with Crippen LogP contribution in [-0.4, -0.2) is 25.8 Å². The summed E-state index contributed by atoms with van der Waals surface area (Å²) in [6.45, 7) is 0. The topological polar surface area (TPSA) is 55.3 Å². The second-order valence-corrected chi connectivity index (χ2v) is 5.63. The van der Waals surface area contributed by atoms with E-state index in [0.717, 1.165) is 33.4 Å². The Labute approximate surface area is 139 Å². The molecule has 2 heterocycles. The fourth-order valence-electron chi connectivity index (χ4n) is 3.00. The summed E-state index contributed by atoms with van der Waals surface area (Å²) in [4.78, 5) is 0.